The Labute approximate surface area is 142 Å². The number of nitrogens with one attached hydrogen (secondary N) is 2. The molecule has 24 heavy (non-hydrogen) atoms. The number of aromatic amines is 1. The van der Waals surface area contributed by atoms with Crippen molar-refractivity contribution < 1.29 is 4.90 Å². The minimum atomic E-state index is -0.0802. The third-order valence-electron chi connectivity index (χ3n) is 3.92. The molecule has 6 heteroatoms. The van der Waals surface area contributed by atoms with Crippen LogP contribution in [0.2, 0.25) is 0 Å². The highest BCUT2D eigenvalue weighted by Crippen LogP contribution is 2.20. The van der Waals surface area contributed by atoms with Gasteiger partial charge in [-0.1, -0.05) is 24.3 Å². The number of rotatable bonds is 4. The Kier molecular flexibility index (Phi) is 3.84. The molecule has 2 N–H and O–H groups in total. The summed E-state index contributed by atoms with van der Waals surface area (Å²) in [6.07, 6.45) is 0. The van der Waals surface area contributed by atoms with Crippen molar-refractivity contribution in [2.45, 2.75) is 13.1 Å². The smallest absolute Gasteiger partial charge is 0.258 e. The largest absolute Gasteiger partial charge is 0.325 e. The van der Waals surface area contributed by atoms with Gasteiger partial charge >= 0.3 is 0 Å². The molecule has 0 aliphatic heterocycles. The predicted octanol–water partition coefficient (Wildman–Crippen LogP) is 1.75. The minimum Gasteiger partial charge on any atom is -0.325 e. The fraction of sp³-hybridized carbons (Fsp3) is 0.167. The van der Waals surface area contributed by atoms with Crippen molar-refractivity contribution in [3.05, 3.63) is 69.7 Å². The molecule has 5 nitrogen and oxygen atoms in total. The van der Waals surface area contributed by atoms with Gasteiger partial charge in [-0.25, -0.2) is 9.97 Å². The van der Waals surface area contributed by atoms with E-state index in [1.807, 2.05) is 36.4 Å². The molecule has 120 valence electrons. The van der Waals surface area contributed by atoms with E-state index in [-0.39, 0.29) is 5.56 Å². The summed E-state index contributed by atoms with van der Waals surface area (Å²) in [4.78, 5) is 25.5. The summed E-state index contributed by atoms with van der Waals surface area (Å²) in [5.74, 6) is 0.706. The molecule has 0 amide bonds. The lowest BCUT2D eigenvalue weighted by Crippen LogP contribution is -3.06. The molecule has 2 aromatic carbocycles. The van der Waals surface area contributed by atoms with E-state index in [1.54, 1.807) is 17.4 Å². The van der Waals surface area contributed by atoms with E-state index in [4.69, 9.17) is 0 Å². The summed E-state index contributed by atoms with van der Waals surface area (Å²) in [6.45, 7) is 1.45. The van der Waals surface area contributed by atoms with Crippen LogP contribution in [0, 0.1) is 0 Å². The van der Waals surface area contributed by atoms with Crippen molar-refractivity contribution in [2.24, 2.45) is 0 Å². The highest BCUT2D eigenvalue weighted by Gasteiger charge is 2.12. The summed E-state index contributed by atoms with van der Waals surface area (Å²) < 4.78 is 1.21. The van der Waals surface area contributed by atoms with Crippen molar-refractivity contribution >= 4 is 32.5 Å². The normalized spacial score (nSPS) is 12.7. The van der Waals surface area contributed by atoms with E-state index in [0.29, 0.717) is 17.8 Å². The summed E-state index contributed by atoms with van der Waals surface area (Å²) in [6, 6.07) is 15.6. The molecule has 0 saturated carbocycles. The molecular weight excluding hydrogens is 320 g/mol. The molecule has 1 unspecified atom stereocenters. The van der Waals surface area contributed by atoms with Crippen molar-refractivity contribution in [3.8, 4) is 0 Å². The first-order valence-corrected chi connectivity index (χ1v) is 8.64. The molecule has 1 atom stereocenters. The second-order valence-electron chi connectivity index (χ2n) is 5.92. The van der Waals surface area contributed by atoms with Gasteiger partial charge in [0.1, 0.15) is 18.1 Å². The van der Waals surface area contributed by atoms with E-state index in [0.717, 1.165) is 22.6 Å². The van der Waals surface area contributed by atoms with Crippen LogP contribution in [0.5, 0.6) is 0 Å². The molecule has 4 rings (SSSR count). The number of quaternary nitrogens is 1. The van der Waals surface area contributed by atoms with Gasteiger partial charge in [-0.2, -0.15) is 0 Å². The zero-order chi connectivity index (χ0) is 16.5. The fourth-order valence-electron chi connectivity index (χ4n) is 2.82. The van der Waals surface area contributed by atoms with Crippen LogP contribution in [0.25, 0.3) is 21.1 Å². The van der Waals surface area contributed by atoms with Gasteiger partial charge < -0.3 is 9.88 Å². The van der Waals surface area contributed by atoms with Crippen molar-refractivity contribution in [1.82, 2.24) is 15.0 Å². The van der Waals surface area contributed by atoms with Crippen molar-refractivity contribution in [3.63, 3.8) is 0 Å². The number of thiazole rings is 1. The third kappa shape index (κ3) is 2.93. The topological polar surface area (TPSA) is 63.1 Å². The van der Waals surface area contributed by atoms with Crippen molar-refractivity contribution in [1.29, 1.82) is 0 Å². The standard InChI is InChI=1S/C18H16N4OS/c1-22(11-17-20-14-8-4-5-9-15(14)24-17)10-16-19-13-7-3-2-6-12(13)18(23)21-16/h2-9H,10-11H2,1H3,(H,19,21,23)/p+1. The van der Waals surface area contributed by atoms with Gasteiger partial charge in [-0.3, -0.25) is 4.79 Å². The monoisotopic (exact) mass is 337 g/mol. The average Bonchev–Trinajstić information content (AvgIpc) is 2.96. The first-order chi connectivity index (χ1) is 11.7. The van der Waals surface area contributed by atoms with Crippen LogP contribution in [-0.4, -0.2) is 22.0 Å². The van der Waals surface area contributed by atoms with Crippen molar-refractivity contribution in [2.75, 3.05) is 7.05 Å². The summed E-state index contributed by atoms with van der Waals surface area (Å²) >= 11 is 1.72. The van der Waals surface area contributed by atoms with Crippen LogP contribution in [-0.2, 0) is 13.1 Å². The molecule has 0 spiro atoms. The molecule has 0 radical (unpaired) electrons. The highest BCUT2D eigenvalue weighted by molar-refractivity contribution is 7.18. The minimum absolute atomic E-state index is 0.0802. The van der Waals surface area contributed by atoms with Gasteiger partial charge in [-0.05, 0) is 24.3 Å². The maximum absolute atomic E-state index is 12.1. The van der Waals surface area contributed by atoms with Crippen LogP contribution in [0.4, 0.5) is 0 Å². The second-order valence-corrected chi connectivity index (χ2v) is 7.03. The van der Waals surface area contributed by atoms with E-state index in [2.05, 4.69) is 28.1 Å². The molecule has 0 aliphatic carbocycles. The Morgan fingerprint density at radius 2 is 1.75 bits per heavy atom. The predicted molar refractivity (Wildman–Crippen MR) is 96.3 cm³/mol. The average molecular weight is 337 g/mol. The molecule has 0 saturated heterocycles. The molecule has 0 fully saturated rings. The second kappa shape index (κ2) is 6.14. The Morgan fingerprint density at radius 1 is 1.00 bits per heavy atom. The first-order valence-electron chi connectivity index (χ1n) is 7.83. The lowest BCUT2D eigenvalue weighted by atomic mass is 10.2. The van der Waals surface area contributed by atoms with Crippen LogP contribution in [0.3, 0.4) is 0 Å². The summed E-state index contributed by atoms with van der Waals surface area (Å²) in [7, 11) is 2.08. The Morgan fingerprint density at radius 3 is 2.58 bits per heavy atom. The maximum Gasteiger partial charge on any atom is 0.258 e. The van der Waals surface area contributed by atoms with Crippen LogP contribution < -0.4 is 10.5 Å². The number of hydrogen-bond donors (Lipinski definition) is 2. The van der Waals surface area contributed by atoms with E-state index in [9.17, 15) is 4.79 Å². The van der Waals surface area contributed by atoms with Gasteiger partial charge in [0.25, 0.3) is 5.56 Å². The summed E-state index contributed by atoms with van der Waals surface area (Å²) in [5, 5.41) is 1.72. The fourth-order valence-corrected chi connectivity index (χ4v) is 3.90. The van der Waals surface area contributed by atoms with Crippen LogP contribution >= 0.6 is 11.3 Å². The van der Waals surface area contributed by atoms with Crippen LogP contribution in [0.1, 0.15) is 10.8 Å². The van der Waals surface area contributed by atoms with Gasteiger partial charge in [-0.15, -0.1) is 11.3 Å². The number of H-pyrrole nitrogens is 1. The number of aromatic nitrogens is 3. The number of hydrogen-bond acceptors (Lipinski definition) is 4. The SMILES string of the molecule is C[NH+](Cc1nc2ccccc2c(=O)[nH]1)Cc1nc2ccccc2s1. The highest BCUT2D eigenvalue weighted by atomic mass is 32.1. The molecule has 4 aromatic rings. The maximum atomic E-state index is 12.1. The number of fused-ring (bicyclic) bond motifs is 2. The molecule has 0 aliphatic rings. The lowest BCUT2D eigenvalue weighted by molar-refractivity contribution is -0.908. The Bertz CT molecular complexity index is 1040. The number of nitrogens with zero attached hydrogens (tertiary/aromatic N) is 2. The Balaban J connectivity index is 1.55. The molecule has 2 aromatic heterocycles. The molecule has 2 heterocycles. The number of benzene rings is 2. The van der Waals surface area contributed by atoms with Gasteiger partial charge in [0.2, 0.25) is 0 Å². The third-order valence-corrected chi connectivity index (χ3v) is 4.96. The van der Waals surface area contributed by atoms with Gasteiger partial charge in [0.05, 0.1) is 28.2 Å². The van der Waals surface area contributed by atoms with Crippen LogP contribution in [0.15, 0.2) is 53.3 Å². The molecule has 0 bridgehead atoms. The van der Waals surface area contributed by atoms with E-state index >= 15 is 0 Å². The zero-order valence-electron chi connectivity index (χ0n) is 13.2. The van der Waals surface area contributed by atoms with E-state index in [1.165, 1.54) is 9.60 Å². The zero-order valence-corrected chi connectivity index (χ0v) is 14.1. The Hall–Kier alpha value is -2.57. The van der Waals surface area contributed by atoms with Gasteiger partial charge in [0.15, 0.2) is 5.82 Å². The summed E-state index contributed by atoms with van der Waals surface area (Å²) in [5.41, 5.74) is 1.70. The van der Waals surface area contributed by atoms with E-state index < -0.39 is 0 Å². The first kappa shape index (κ1) is 15.0. The molecular formula is C18H17N4OS+. The quantitative estimate of drug-likeness (QED) is 0.596. The van der Waals surface area contributed by atoms with Gasteiger partial charge in [0, 0.05) is 0 Å². The lowest BCUT2D eigenvalue weighted by Gasteiger charge is -2.11. The number of para-hydroxylation sites is 2.